The predicted octanol–water partition coefficient (Wildman–Crippen LogP) is 5.60. The first kappa shape index (κ1) is 28.7. The van der Waals surface area contributed by atoms with Crippen molar-refractivity contribution in [2.45, 2.75) is 117 Å². The number of rotatable bonds is 16. The monoisotopic (exact) mass is 362 g/mol. The van der Waals surface area contributed by atoms with E-state index in [1.807, 2.05) is 0 Å². The van der Waals surface area contributed by atoms with Gasteiger partial charge in [-0.2, -0.15) is 0 Å². The fraction of sp³-hybridized carbons (Fsp3) is 0.900. The van der Waals surface area contributed by atoms with Gasteiger partial charge >= 0.3 is 11.9 Å². The zero-order chi connectivity index (χ0) is 18.5. The van der Waals surface area contributed by atoms with Crippen LogP contribution in [0.5, 0.6) is 0 Å². The Kier molecular flexibility index (Phi) is 28.9. The van der Waals surface area contributed by atoms with Gasteiger partial charge in [0.25, 0.3) is 0 Å². The third-order valence-electron chi connectivity index (χ3n) is 3.99. The summed E-state index contributed by atoms with van der Waals surface area (Å²) in [6.45, 7) is 4.40. The van der Waals surface area contributed by atoms with E-state index in [0.29, 0.717) is 12.8 Å². The zero-order valence-electron chi connectivity index (χ0n) is 16.5. The van der Waals surface area contributed by atoms with Gasteiger partial charge in [0, 0.05) is 12.8 Å². The van der Waals surface area contributed by atoms with Crippen LogP contribution >= 0.6 is 0 Å². The van der Waals surface area contributed by atoms with Gasteiger partial charge < -0.3 is 15.7 Å². The van der Waals surface area contributed by atoms with Crippen LogP contribution in [-0.2, 0) is 9.59 Å². The largest absolute Gasteiger partial charge is 0.481 e. The Hall–Kier alpha value is -1.10. The average Bonchev–Trinajstić information content (AvgIpc) is 2.53. The van der Waals surface area contributed by atoms with Crippen LogP contribution in [0.1, 0.15) is 117 Å². The maximum absolute atomic E-state index is 10.1. The van der Waals surface area contributed by atoms with E-state index in [0.717, 1.165) is 25.7 Å². The first-order valence-corrected chi connectivity index (χ1v) is 9.98. The molecule has 0 saturated carbocycles. The van der Waals surface area contributed by atoms with E-state index in [1.165, 1.54) is 64.2 Å². The van der Waals surface area contributed by atoms with E-state index in [-0.39, 0.29) is 5.48 Å². The fourth-order valence-corrected chi connectivity index (χ4v) is 2.47. The SMILES string of the molecule is CCCCCCCCCC(=O)O.CCCCCCCCCC(=O)O.O. The molecule has 5 heteroatoms. The minimum Gasteiger partial charge on any atom is -0.481 e. The molecule has 152 valence electrons. The van der Waals surface area contributed by atoms with Crippen LogP contribution in [-0.4, -0.2) is 27.6 Å². The molecular formula is C20H42O5. The van der Waals surface area contributed by atoms with E-state index < -0.39 is 11.9 Å². The van der Waals surface area contributed by atoms with Gasteiger partial charge in [-0.1, -0.05) is 90.9 Å². The number of carbonyl (C=O) groups is 2. The smallest absolute Gasteiger partial charge is 0.303 e. The van der Waals surface area contributed by atoms with Crippen LogP contribution < -0.4 is 0 Å². The molecule has 0 spiro atoms. The van der Waals surface area contributed by atoms with Crippen molar-refractivity contribution in [3.8, 4) is 0 Å². The average molecular weight is 363 g/mol. The lowest BCUT2D eigenvalue weighted by Crippen LogP contribution is -1.93. The van der Waals surface area contributed by atoms with Crippen molar-refractivity contribution in [2.75, 3.05) is 0 Å². The quantitative estimate of drug-likeness (QED) is 0.348. The van der Waals surface area contributed by atoms with Gasteiger partial charge in [0.15, 0.2) is 0 Å². The molecule has 0 unspecified atom stereocenters. The molecule has 0 aromatic carbocycles. The zero-order valence-corrected chi connectivity index (χ0v) is 16.5. The fourth-order valence-electron chi connectivity index (χ4n) is 2.47. The highest BCUT2D eigenvalue weighted by Gasteiger charge is 1.96. The number of unbranched alkanes of at least 4 members (excludes halogenated alkanes) is 12. The Labute approximate surface area is 154 Å². The molecule has 0 aliphatic heterocycles. The number of hydrogen-bond acceptors (Lipinski definition) is 2. The Morgan fingerprint density at radius 3 is 1.00 bits per heavy atom. The molecule has 0 rings (SSSR count). The van der Waals surface area contributed by atoms with E-state index in [9.17, 15) is 9.59 Å². The molecule has 0 aromatic rings. The number of aliphatic carboxylic acids is 2. The van der Waals surface area contributed by atoms with Gasteiger partial charge in [-0.25, -0.2) is 0 Å². The molecular weight excluding hydrogens is 320 g/mol. The van der Waals surface area contributed by atoms with E-state index in [1.54, 1.807) is 0 Å². The van der Waals surface area contributed by atoms with Crippen LogP contribution in [0, 0.1) is 0 Å². The molecule has 0 amide bonds. The minimum atomic E-state index is -0.663. The highest BCUT2D eigenvalue weighted by molar-refractivity contribution is 5.66. The highest BCUT2D eigenvalue weighted by Crippen LogP contribution is 2.08. The normalized spacial score (nSPS) is 9.68. The highest BCUT2D eigenvalue weighted by atomic mass is 16.4. The summed E-state index contributed by atoms with van der Waals surface area (Å²) in [5.74, 6) is -1.33. The minimum absolute atomic E-state index is 0. The first-order chi connectivity index (χ1) is 11.5. The van der Waals surface area contributed by atoms with Gasteiger partial charge in [-0.05, 0) is 12.8 Å². The van der Waals surface area contributed by atoms with Crippen molar-refractivity contribution in [3.63, 3.8) is 0 Å². The number of carboxylic acid groups (broad SMARTS) is 2. The molecule has 0 aliphatic carbocycles. The summed E-state index contributed by atoms with van der Waals surface area (Å²) >= 11 is 0. The Balaban J connectivity index is -0.000000372. The van der Waals surface area contributed by atoms with Gasteiger partial charge in [0.2, 0.25) is 0 Å². The molecule has 25 heavy (non-hydrogen) atoms. The van der Waals surface area contributed by atoms with Gasteiger partial charge in [-0.3, -0.25) is 9.59 Å². The molecule has 0 atom stereocenters. The van der Waals surface area contributed by atoms with E-state index >= 15 is 0 Å². The summed E-state index contributed by atoms with van der Waals surface area (Å²) < 4.78 is 0. The molecule has 0 saturated heterocycles. The first-order valence-electron chi connectivity index (χ1n) is 9.98. The topological polar surface area (TPSA) is 106 Å². The molecule has 0 heterocycles. The Morgan fingerprint density at radius 1 is 0.520 bits per heavy atom. The summed E-state index contributed by atoms with van der Waals surface area (Å²) in [5.41, 5.74) is 0. The third-order valence-corrected chi connectivity index (χ3v) is 3.99. The van der Waals surface area contributed by atoms with Gasteiger partial charge in [0.1, 0.15) is 0 Å². The molecule has 0 aromatic heterocycles. The van der Waals surface area contributed by atoms with Crippen LogP contribution in [0.25, 0.3) is 0 Å². The van der Waals surface area contributed by atoms with E-state index in [2.05, 4.69) is 13.8 Å². The second kappa shape index (κ2) is 25.1. The van der Waals surface area contributed by atoms with Crippen LogP contribution in [0.4, 0.5) is 0 Å². The summed E-state index contributed by atoms with van der Waals surface area (Å²) in [6, 6.07) is 0. The third kappa shape index (κ3) is 35.0. The summed E-state index contributed by atoms with van der Waals surface area (Å²) in [4.78, 5) is 20.3. The summed E-state index contributed by atoms with van der Waals surface area (Å²) in [6.07, 6.45) is 17.3. The van der Waals surface area contributed by atoms with Crippen molar-refractivity contribution in [1.29, 1.82) is 0 Å². The predicted molar refractivity (Wildman–Crippen MR) is 104 cm³/mol. The number of carboxylic acids is 2. The Bertz CT molecular complexity index is 251. The molecule has 0 aliphatic rings. The Morgan fingerprint density at radius 2 is 0.760 bits per heavy atom. The lowest BCUT2D eigenvalue weighted by atomic mass is 10.1. The van der Waals surface area contributed by atoms with Crippen LogP contribution in [0.2, 0.25) is 0 Å². The molecule has 4 N–H and O–H groups in total. The molecule has 5 nitrogen and oxygen atoms in total. The van der Waals surface area contributed by atoms with Crippen LogP contribution in [0.3, 0.4) is 0 Å². The molecule has 0 radical (unpaired) electrons. The van der Waals surface area contributed by atoms with Gasteiger partial charge in [0.05, 0.1) is 0 Å². The lowest BCUT2D eigenvalue weighted by molar-refractivity contribution is -0.138. The van der Waals surface area contributed by atoms with Gasteiger partial charge in [-0.15, -0.1) is 0 Å². The van der Waals surface area contributed by atoms with Crippen molar-refractivity contribution < 1.29 is 25.3 Å². The maximum Gasteiger partial charge on any atom is 0.303 e. The van der Waals surface area contributed by atoms with Crippen molar-refractivity contribution in [1.82, 2.24) is 0 Å². The summed E-state index contributed by atoms with van der Waals surface area (Å²) in [5, 5.41) is 16.7. The second-order valence-electron chi connectivity index (χ2n) is 6.53. The van der Waals surface area contributed by atoms with Crippen LogP contribution in [0.15, 0.2) is 0 Å². The molecule has 0 fully saturated rings. The van der Waals surface area contributed by atoms with Crippen molar-refractivity contribution in [3.05, 3.63) is 0 Å². The standard InChI is InChI=1S/2C10H20O2.H2O/c2*1-2-3-4-5-6-7-8-9-10(11)12;/h2*2-9H2,1H3,(H,11,12);1H2. The second-order valence-corrected chi connectivity index (χ2v) is 6.53. The van der Waals surface area contributed by atoms with Crippen molar-refractivity contribution >= 4 is 11.9 Å². The molecule has 0 bridgehead atoms. The van der Waals surface area contributed by atoms with Crippen molar-refractivity contribution in [2.24, 2.45) is 0 Å². The summed E-state index contributed by atoms with van der Waals surface area (Å²) in [7, 11) is 0. The maximum atomic E-state index is 10.1. The lowest BCUT2D eigenvalue weighted by Gasteiger charge is -1.98. The van der Waals surface area contributed by atoms with E-state index in [4.69, 9.17) is 10.2 Å². The number of hydrogen-bond donors (Lipinski definition) is 2.